The van der Waals surface area contributed by atoms with E-state index in [1.165, 1.54) is 0 Å². The summed E-state index contributed by atoms with van der Waals surface area (Å²) in [5.41, 5.74) is 2.90. The Hall–Kier alpha value is -3.00. The van der Waals surface area contributed by atoms with Gasteiger partial charge in [-0.15, -0.1) is 0 Å². The quantitative estimate of drug-likeness (QED) is 0.742. The zero-order valence-electron chi connectivity index (χ0n) is 11.1. The summed E-state index contributed by atoms with van der Waals surface area (Å²) < 4.78 is 11.3. The summed E-state index contributed by atoms with van der Waals surface area (Å²) in [5, 5.41) is 9.16. The molecule has 3 aromatic rings. The zero-order valence-corrected chi connectivity index (χ0v) is 11.1. The molecule has 2 aromatic carbocycles. The molecule has 102 valence electrons. The van der Waals surface area contributed by atoms with E-state index in [2.05, 4.69) is 16.0 Å². The van der Waals surface area contributed by atoms with Crippen LogP contribution in [0.3, 0.4) is 0 Å². The van der Waals surface area contributed by atoms with E-state index in [0.717, 1.165) is 16.8 Å². The molecule has 1 aliphatic rings. The van der Waals surface area contributed by atoms with Crippen molar-refractivity contribution in [2.45, 2.75) is 0 Å². The summed E-state index contributed by atoms with van der Waals surface area (Å²) in [5.74, 6) is 2.09. The fourth-order valence-electron chi connectivity index (χ4n) is 2.51. The van der Waals surface area contributed by atoms with Crippen LogP contribution in [0.2, 0.25) is 0 Å². The van der Waals surface area contributed by atoms with Gasteiger partial charge in [-0.25, -0.2) is 4.98 Å². The third-order valence-corrected chi connectivity index (χ3v) is 3.45. The normalized spacial score (nSPS) is 13.1. The van der Waals surface area contributed by atoms with Crippen molar-refractivity contribution in [2.24, 2.45) is 0 Å². The number of hydrogen-bond donors (Lipinski definition) is 1. The molecule has 0 radical (unpaired) electrons. The van der Waals surface area contributed by atoms with Crippen molar-refractivity contribution >= 4 is 11.0 Å². The van der Waals surface area contributed by atoms with Gasteiger partial charge in [0, 0.05) is 0 Å². The van der Waals surface area contributed by atoms with Crippen molar-refractivity contribution in [1.82, 2.24) is 9.97 Å². The first kappa shape index (κ1) is 11.8. The minimum Gasteiger partial charge on any atom is -0.486 e. The Labute approximate surface area is 120 Å². The molecule has 0 saturated heterocycles. The van der Waals surface area contributed by atoms with Gasteiger partial charge in [0.15, 0.2) is 11.5 Å². The standard InChI is InChI=1S/C16H11N3O2/c17-9-10-3-1-5-12-14(10)19-16(18-12)11-4-2-6-13-15(11)21-8-7-20-13/h1-6H,7-8H2,(H,18,19). The smallest absolute Gasteiger partial charge is 0.172 e. The second-order valence-electron chi connectivity index (χ2n) is 4.73. The Balaban J connectivity index is 1.94. The molecule has 2 heterocycles. The van der Waals surface area contributed by atoms with Gasteiger partial charge in [0.05, 0.1) is 16.6 Å². The van der Waals surface area contributed by atoms with Crippen LogP contribution in [0, 0.1) is 11.3 Å². The second-order valence-corrected chi connectivity index (χ2v) is 4.73. The van der Waals surface area contributed by atoms with Crippen molar-refractivity contribution < 1.29 is 9.47 Å². The van der Waals surface area contributed by atoms with E-state index in [4.69, 9.17) is 14.7 Å². The molecule has 1 aliphatic heterocycles. The van der Waals surface area contributed by atoms with E-state index in [1.807, 2.05) is 30.3 Å². The molecule has 0 bridgehead atoms. The number of imidazole rings is 1. The first-order valence-electron chi connectivity index (χ1n) is 6.64. The Morgan fingerprint density at radius 1 is 1.10 bits per heavy atom. The number of fused-ring (bicyclic) bond motifs is 2. The molecule has 1 aromatic heterocycles. The maximum Gasteiger partial charge on any atom is 0.172 e. The number of hydrogen-bond acceptors (Lipinski definition) is 4. The van der Waals surface area contributed by atoms with E-state index in [-0.39, 0.29) is 0 Å². The molecule has 1 N–H and O–H groups in total. The van der Waals surface area contributed by atoms with Crippen molar-refractivity contribution in [3.63, 3.8) is 0 Å². The fraction of sp³-hybridized carbons (Fsp3) is 0.125. The van der Waals surface area contributed by atoms with Crippen LogP contribution in [0.25, 0.3) is 22.4 Å². The van der Waals surface area contributed by atoms with Gasteiger partial charge in [0.25, 0.3) is 0 Å². The number of H-pyrrole nitrogens is 1. The number of rotatable bonds is 1. The highest BCUT2D eigenvalue weighted by Crippen LogP contribution is 2.39. The summed E-state index contributed by atoms with van der Waals surface area (Å²) in [6.45, 7) is 1.07. The molecule has 21 heavy (non-hydrogen) atoms. The average molecular weight is 277 g/mol. The Bertz CT molecular complexity index is 877. The van der Waals surface area contributed by atoms with Crippen LogP contribution >= 0.6 is 0 Å². The lowest BCUT2D eigenvalue weighted by Gasteiger charge is -2.20. The fourth-order valence-corrected chi connectivity index (χ4v) is 2.51. The lowest BCUT2D eigenvalue weighted by Crippen LogP contribution is -2.15. The van der Waals surface area contributed by atoms with Crippen LogP contribution in [-0.2, 0) is 0 Å². The lowest BCUT2D eigenvalue weighted by atomic mass is 10.1. The summed E-state index contributed by atoms with van der Waals surface area (Å²) >= 11 is 0. The number of aromatic nitrogens is 2. The molecular formula is C16H11N3O2. The number of aromatic amines is 1. The molecular weight excluding hydrogens is 266 g/mol. The summed E-state index contributed by atoms with van der Waals surface area (Å²) in [6, 6.07) is 13.4. The predicted octanol–water partition coefficient (Wildman–Crippen LogP) is 2.87. The molecule has 0 spiro atoms. The van der Waals surface area contributed by atoms with Gasteiger partial charge in [-0.1, -0.05) is 12.1 Å². The Morgan fingerprint density at radius 2 is 1.95 bits per heavy atom. The monoisotopic (exact) mass is 277 g/mol. The first-order valence-corrected chi connectivity index (χ1v) is 6.64. The van der Waals surface area contributed by atoms with Crippen LogP contribution < -0.4 is 9.47 Å². The number of para-hydroxylation sites is 2. The summed E-state index contributed by atoms with van der Waals surface area (Å²) in [4.78, 5) is 7.79. The Morgan fingerprint density at radius 3 is 2.86 bits per heavy atom. The number of nitrogens with zero attached hydrogens (tertiary/aromatic N) is 2. The molecule has 0 saturated carbocycles. The minimum atomic E-state index is 0.522. The van der Waals surface area contributed by atoms with Crippen molar-refractivity contribution in [1.29, 1.82) is 5.26 Å². The van der Waals surface area contributed by atoms with Crippen LogP contribution in [-0.4, -0.2) is 23.2 Å². The van der Waals surface area contributed by atoms with Crippen LogP contribution in [0.5, 0.6) is 11.5 Å². The van der Waals surface area contributed by atoms with Crippen LogP contribution in [0.15, 0.2) is 36.4 Å². The molecule has 5 heteroatoms. The molecule has 0 unspecified atom stereocenters. The van der Waals surface area contributed by atoms with Gasteiger partial charge >= 0.3 is 0 Å². The van der Waals surface area contributed by atoms with E-state index in [0.29, 0.717) is 35.9 Å². The zero-order chi connectivity index (χ0) is 14.2. The molecule has 5 nitrogen and oxygen atoms in total. The van der Waals surface area contributed by atoms with Gasteiger partial charge in [-0.2, -0.15) is 5.26 Å². The van der Waals surface area contributed by atoms with E-state index < -0.39 is 0 Å². The van der Waals surface area contributed by atoms with Crippen molar-refractivity contribution in [3.05, 3.63) is 42.0 Å². The van der Waals surface area contributed by atoms with E-state index >= 15 is 0 Å². The summed E-state index contributed by atoms with van der Waals surface area (Å²) in [6.07, 6.45) is 0. The topological polar surface area (TPSA) is 70.9 Å². The lowest BCUT2D eigenvalue weighted by molar-refractivity contribution is 0.172. The van der Waals surface area contributed by atoms with Gasteiger partial charge in [0.1, 0.15) is 30.6 Å². The largest absolute Gasteiger partial charge is 0.486 e. The number of ether oxygens (including phenoxy) is 2. The predicted molar refractivity (Wildman–Crippen MR) is 77.2 cm³/mol. The van der Waals surface area contributed by atoms with Gasteiger partial charge in [-0.05, 0) is 24.3 Å². The maximum absolute atomic E-state index is 9.16. The van der Waals surface area contributed by atoms with E-state index in [9.17, 15) is 0 Å². The third-order valence-electron chi connectivity index (χ3n) is 3.45. The number of nitrogens with one attached hydrogen (secondary N) is 1. The molecule has 0 aliphatic carbocycles. The van der Waals surface area contributed by atoms with Gasteiger partial charge in [-0.3, -0.25) is 0 Å². The van der Waals surface area contributed by atoms with Crippen LogP contribution in [0.4, 0.5) is 0 Å². The average Bonchev–Trinajstić information content (AvgIpc) is 2.98. The second kappa shape index (κ2) is 4.53. The highest BCUT2D eigenvalue weighted by molar-refractivity contribution is 5.85. The SMILES string of the molecule is N#Cc1cccc2[nH]c(-c3cccc4c3OCCO4)nc12. The summed E-state index contributed by atoms with van der Waals surface area (Å²) in [7, 11) is 0. The van der Waals surface area contributed by atoms with Gasteiger partial charge in [0.2, 0.25) is 0 Å². The van der Waals surface area contributed by atoms with Crippen LogP contribution in [0.1, 0.15) is 5.56 Å². The first-order chi connectivity index (χ1) is 10.4. The molecule has 4 rings (SSSR count). The van der Waals surface area contributed by atoms with E-state index in [1.54, 1.807) is 6.07 Å². The van der Waals surface area contributed by atoms with Crippen molar-refractivity contribution in [2.75, 3.05) is 13.2 Å². The minimum absolute atomic E-state index is 0.522. The highest BCUT2D eigenvalue weighted by Gasteiger charge is 2.19. The molecule has 0 fully saturated rings. The Kier molecular flexibility index (Phi) is 2.54. The molecule has 0 atom stereocenters. The number of nitriles is 1. The van der Waals surface area contributed by atoms with Gasteiger partial charge < -0.3 is 14.5 Å². The maximum atomic E-state index is 9.16. The third kappa shape index (κ3) is 1.81. The molecule has 0 amide bonds. The van der Waals surface area contributed by atoms with Crippen molar-refractivity contribution in [3.8, 4) is 29.0 Å². The highest BCUT2D eigenvalue weighted by atomic mass is 16.6. The number of benzene rings is 2.